The number of hydrogen-bond acceptors (Lipinski definition) is 2. The van der Waals surface area contributed by atoms with Crippen molar-refractivity contribution >= 4 is 5.97 Å². The average molecular weight is 379 g/mol. The molecule has 0 radical (unpaired) electrons. The molecular formula is C26H21NO2. The second-order valence-corrected chi connectivity index (χ2v) is 7.45. The Morgan fingerprint density at radius 1 is 0.828 bits per heavy atom. The Morgan fingerprint density at radius 3 is 2.34 bits per heavy atom. The number of fused-ring (bicyclic) bond motifs is 3. The molecule has 0 fully saturated rings. The molecule has 3 heteroatoms. The molecule has 0 atom stereocenters. The summed E-state index contributed by atoms with van der Waals surface area (Å²) in [5.74, 6) is -0.351. The van der Waals surface area contributed by atoms with Crippen LogP contribution in [-0.4, -0.2) is 10.7 Å². The van der Waals surface area contributed by atoms with Gasteiger partial charge in [0.25, 0.3) is 0 Å². The minimum atomic E-state index is -0.351. The van der Waals surface area contributed by atoms with Crippen molar-refractivity contribution in [2.45, 2.75) is 19.8 Å². The largest absolute Gasteiger partial charge is 0.363 e. The van der Waals surface area contributed by atoms with E-state index < -0.39 is 0 Å². The smallest absolute Gasteiger partial charge is 0.331 e. The van der Waals surface area contributed by atoms with Gasteiger partial charge >= 0.3 is 5.97 Å². The van der Waals surface area contributed by atoms with Crippen molar-refractivity contribution in [2.75, 3.05) is 0 Å². The zero-order chi connectivity index (χ0) is 19.8. The normalized spacial score (nSPS) is 12.2. The van der Waals surface area contributed by atoms with Crippen LogP contribution in [0.3, 0.4) is 0 Å². The standard InChI is InChI=1S/C26H21NO2/c1-18-11-13-20(14-12-18)25-17-23-22-10-6-5-7-19(22)15-16-24(23)27(25)29-26(28)21-8-3-2-4-9-21/h2-14,17H,15-16H2,1H3. The second kappa shape index (κ2) is 7.10. The van der Waals surface area contributed by atoms with Crippen LogP contribution in [0.4, 0.5) is 0 Å². The first-order chi connectivity index (χ1) is 14.2. The van der Waals surface area contributed by atoms with Gasteiger partial charge in [-0.05, 0) is 49.1 Å². The van der Waals surface area contributed by atoms with Crippen molar-refractivity contribution in [3.8, 4) is 22.4 Å². The Balaban J connectivity index is 1.65. The summed E-state index contributed by atoms with van der Waals surface area (Å²) in [6, 6.07) is 28.1. The predicted octanol–water partition coefficient (Wildman–Crippen LogP) is 5.50. The van der Waals surface area contributed by atoms with Gasteiger partial charge in [0.2, 0.25) is 0 Å². The summed E-state index contributed by atoms with van der Waals surface area (Å²) in [6.45, 7) is 2.07. The van der Waals surface area contributed by atoms with E-state index in [1.807, 2.05) is 18.2 Å². The molecule has 0 N–H and O–H groups in total. The lowest BCUT2D eigenvalue weighted by molar-refractivity contribution is 0.0458. The molecule has 5 rings (SSSR count). The highest BCUT2D eigenvalue weighted by molar-refractivity contribution is 5.90. The van der Waals surface area contributed by atoms with Gasteiger partial charge in [0, 0.05) is 11.1 Å². The van der Waals surface area contributed by atoms with E-state index in [0.29, 0.717) is 5.56 Å². The van der Waals surface area contributed by atoms with Gasteiger partial charge in [0.1, 0.15) is 0 Å². The van der Waals surface area contributed by atoms with Crippen LogP contribution < -0.4 is 4.84 Å². The minimum Gasteiger partial charge on any atom is -0.331 e. The SMILES string of the molecule is Cc1ccc(-c2cc3c(n2OC(=O)c2ccccc2)CCc2ccccc2-3)cc1. The van der Waals surface area contributed by atoms with Gasteiger partial charge in [-0.15, -0.1) is 0 Å². The monoisotopic (exact) mass is 379 g/mol. The number of rotatable bonds is 3. The maximum Gasteiger partial charge on any atom is 0.363 e. The van der Waals surface area contributed by atoms with Crippen LogP contribution >= 0.6 is 0 Å². The Hall–Kier alpha value is -3.59. The molecule has 3 aromatic carbocycles. The summed E-state index contributed by atoms with van der Waals surface area (Å²) >= 11 is 0. The predicted molar refractivity (Wildman–Crippen MR) is 115 cm³/mol. The Morgan fingerprint density at radius 2 is 1.55 bits per heavy atom. The third-order valence-corrected chi connectivity index (χ3v) is 5.53. The number of benzene rings is 3. The van der Waals surface area contributed by atoms with Crippen molar-refractivity contribution in [1.29, 1.82) is 0 Å². The Bertz CT molecular complexity index is 1190. The molecule has 0 unspecified atom stereocenters. The fourth-order valence-corrected chi connectivity index (χ4v) is 4.00. The Labute approximate surface area is 170 Å². The van der Waals surface area contributed by atoms with Gasteiger partial charge in [-0.3, -0.25) is 0 Å². The van der Waals surface area contributed by atoms with Crippen LogP contribution in [0.5, 0.6) is 0 Å². The highest BCUT2D eigenvalue weighted by atomic mass is 16.7. The van der Waals surface area contributed by atoms with Gasteiger partial charge in [0.15, 0.2) is 0 Å². The van der Waals surface area contributed by atoms with Crippen LogP contribution in [0.1, 0.15) is 27.2 Å². The van der Waals surface area contributed by atoms with Gasteiger partial charge in [-0.1, -0.05) is 72.3 Å². The lowest BCUT2D eigenvalue weighted by Gasteiger charge is -2.19. The molecule has 4 aromatic rings. The lowest BCUT2D eigenvalue weighted by atomic mass is 9.90. The van der Waals surface area contributed by atoms with Gasteiger partial charge in [0.05, 0.1) is 17.0 Å². The van der Waals surface area contributed by atoms with E-state index in [-0.39, 0.29) is 5.97 Å². The lowest BCUT2D eigenvalue weighted by Crippen LogP contribution is -2.23. The quantitative estimate of drug-likeness (QED) is 0.471. The summed E-state index contributed by atoms with van der Waals surface area (Å²) in [6.07, 6.45) is 1.77. The number of aromatic nitrogens is 1. The van der Waals surface area contributed by atoms with E-state index >= 15 is 0 Å². The summed E-state index contributed by atoms with van der Waals surface area (Å²) in [7, 11) is 0. The molecule has 0 amide bonds. The van der Waals surface area contributed by atoms with Crippen molar-refractivity contribution < 1.29 is 9.63 Å². The molecule has 0 saturated heterocycles. The molecule has 3 nitrogen and oxygen atoms in total. The van der Waals surface area contributed by atoms with Crippen LogP contribution in [-0.2, 0) is 12.8 Å². The highest BCUT2D eigenvalue weighted by Crippen LogP contribution is 2.38. The maximum absolute atomic E-state index is 12.8. The first kappa shape index (κ1) is 17.5. The topological polar surface area (TPSA) is 31.2 Å². The second-order valence-electron chi connectivity index (χ2n) is 7.45. The van der Waals surface area contributed by atoms with Crippen molar-refractivity contribution in [2.24, 2.45) is 0 Å². The molecule has 0 aliphatic heterocycles. The number of carbonyl (C=O) groups is 1. The number of aryl methyl sites for hydroxylation is 2. The average Bonchev–Trinajstić information content (AvgIpc) is 3.13. The molecule has 0 saturated carbocycles. The fraction of sp³-hybridized carbons (Fsp3) is 0.115. The minimum absolute atomic E-state index is 0.351. The molecule has 1 heterocycles. The fourth-order valence-electron chi connectivity index (χ4n) is 4.00. The van der Waals surface area contributed by atoms with Crippen LogP contribution in [0.2, 0.25) is 0 Å². The number of nitrogens with zero attached hydrogens (tertiary/aromatic N) is 1. The maximum atomic E-state index is 12.8. The first-order valence-corrected chi connectivity index (χ1v) is 9.88. The molecular weight excluding hydrogens is 358 g/mol. The van der Waals surface area contributed by atoms with E-state index in [9.17, 15) is 4.79 Å². The van der Waals surface area contributed by atoms with Crippen molar-refractivity contribution in [3.63, 3.8) is 0 Å². The molecule has 142 valence electrons. The van der Waals surface area contributed by atoms with E-state index in [0.717, 1.165) is 35.4 Å². The number of carbonyl (C=O) groups excluding carboxylic acids is 1. The summed E-state index contributed by atoms with van der Waals surface area (Å²) in [5, 5.41) is 0. The van der Waals surface area contributed by atoms with Gasteiger partial charge in [-0.2, -0.15) is 4.73 Å². The highest BCUT2D eigenvalue weighted by Gasteiger charge is 2.25. The summed E-state index contributed by atoms with van der Waals surface area (Å²) in [5.41, 5.74) is 8.41. The van der Waals surface area contributed by atoms with Crippen molar-refractivity contribution in [3.05, 3.63) is 107 Å². The summed E-state index contributed by atoms with van der Waals surface area (Å²) < 4.78 is 1.74. The van der Waals surface area contributed by atoms with E-state index in [1.165, 1.54) is 16.7 Å². The number of hydrogen-bond donors (Lipinski definition) is 0. The molecule has 29 heavy (non-hydrogen) atoms. The Kier molecular flexibility index (Phi) is 4.28. The third kappa shape index (κ3) is 3.15. The third-order valence-electron chi connectivity index (χ3n) is 5.53. The van der Waals surface area contributed by atoms with Gasteiger partial charge in [-0.25, -0.2) is 4.79 Å². The molecule has 1 aliphatic rings. The molecule has 1 aromatic heterocycles. The van der Waals surface area contributed by atoms with Crippen molar-refractivity contribution in [1.82, 2.24) is 4.73 Å². The van der Waals surface area contributed by atoms with E-state index in [1.54, 1.807) is 16.9 Å². The van der Waals surface area contributed by atoms with E-state index in [2.05, 4.69) is 61.5 Å². The van der Waals surface area contributed by atoms with Crippen LogP contribution in [0, 0.1) is 6.92 Å². The van der Waals surface area contributed by atoms with Crippen LogP contribution in [0.15, 0.2) is 84.9 Å². The van der Waals surface area contributed by atoms with E-state index in [4.69, 9.17) is 4.84 Å². The van der Waals surface area contributed by atoms with Crippen LogP contribution in [0.25, 0.3) is 22.4 Å². The zero-order valence-corrected chi connectivity index (χ0v) is 16.3. The molecule has 0 bridgehead atoms. The first-order valence-electron chi connectivity index (χ1n) is 9.88. The zero-order valence-electron chi connectivity index (χ0n) is 16.3. The molecule has 0 spiro atoms. The molecule has 1 aliphatic carbocycles. The van der Waals surface area contributed by atoms with Gasteiger partial charge < -0.3 is 4.84 Å². The summed E-state index contributed by atoms with van der Waals surface area (Å²) in [4.78, 5) is 18.8.